The van der Waals surface area contributed by atoms with Crippen molar-refractivity contribution in [3.8, 4) is 17.2 Å². The SMILES string of the molecule is Nc1c(O)ccc(Oc2ccccc2)c1N. The molecule has 0 atom stereocenters. The van der Waals surface area contributed by atoms with Crippen LogP contribution in [0.3, 0.4) is 0 Å². The van der Waals surface area contributed by atoms with E-state index in [-0.39, 0.29) is 17.1 Å². The predicted molar refractivity (Wildman–Crippen MR) is 63.4 cm³/mol. The first-order valence-corrected chi connectivity index (χ1v) is 4.78. The molecule has 82 valence electrons. The first-order chi connectivity index (χ1) is 7.68. The Morgan fingerprint density at radius 1 is 0.875 bits per heavy atom. The molecule has 5 N–H and O–H groups in total. The molecule has 2 aromatic carbocycles. The minimum Gasteiger partial charge on any atom is -0.506 e. The third-order valence-electron chi connectivity index (χ3n) is 2.20. The summed E-state index contributed by atoms with van der Waals surface area (Å²) in [5.74, 6) is 1.05. The summed E-state index contributed by atoms with van der Waals surface area (Å²) in [7, 11) is 0. The monoisotopic (exact) mass is 216 g/mol. The van der Waals surface area contributed by atoms with Crippen molar-refractivity contribution in [1.82, 2.24) is 0 Å². The lowest BCUT2D eigenvalue weighted by atomic mass is 10.2. The van der Waals surface area contributed by atoms with Crippen molar-refractivity contribution in [1.29, 1.82) is 0 Å². The summed E-state index contributed by atoms with van der Waals surface area (Å²) in [4.78, 5) is 0. The zero-order valence-electron chi connectivity index (χ0n) is 8.55. The second-order valence-corrected chi connectivity index (χ2v) is 3.33. The Hall–Kier alpha value is -2.36. The highest BCUT2D eigenvalue weighted by atomic mass is 16.5. The second kappa shape index (κ2) is 4.02. The summed E-state index contributed by atoms with van der Waals surface area (Å²) in [6, 6.07) is 12.2. The van der Waals surface area contributed by atoms with Crippen molar-refractivity contribution in [2.24, 2.45) is 0 Å². The number of nitrogens with two attached hydrogens (primary N) is 2. The topological polar surface area (TPSA) is 81.5 Å². The molecule has 2 aromatic rings. The van der Waals surface area contributed by atoms with Gasteiger partial charge < -0.3 is 21.3 Å². The van der Waals surface area contributed by atoms with Crippen molar-refractivity contribution < 1.29 is 9.84 Å². The molecule has 16 heavy (non-hydrogen) atoms. The molecule has 0 radical (unpaired) electrons. The molecule has 0 aliphatic carbocycles. The van der Waals surface area contributed by atoms with Gasteiger partial charge in [-0.05, 0) is 24.3 Å². The fraction of sp³-hybridized carbons (Fsp3) is 0. The van der Waals surface area contributed by atoms with Crippen LogP contribution in [0.4, 0.5) is 11.4 Å². The summed E-state index contributed by atoms with van der Waals surface area (Å²) in [6.45, 7) is 0. The summed E-state index contributed by atoms with van der Waals surface area (Å²) in [5.41, 5.74) is 11.7. The molecule has 2 rings (SSSR count). The molecular weight excluding hydrogens is 204 g/mol. The first kappa shape index (κ1) is 10.2. The predicted octanol–water partition coefficient (Wildman–Crippen LogP) is 2.35. The Morgan fingerprint density at radius 2 is 1.56 bits per heavy atom. The van der Waals surface area contributed by atoms with E-state index in [9.17, 15) is 5.11 Å². The molecule has 4 heteroatoms. The molecule has 4 nitrogen and oxygen atoms in total. The van der Waals surface area contributed by atoms with E-state index in [4.69, 9.17) is 16.2 Å². The van der Waals surface area contributed by atoms with E-state index in [1.807, 2.05) is 30.3 Å². The normalized spacial score (nSPS) is 10.0. The van der Waals surface area contributed by atoms with Crippen LogP contribution in [-0.2, 0) is 0 Å². The molecule has 0 heterocycles. The Morgan fingerprint density at radius 3 is 2.25 bits per heavy atom. The Kier molecular flexibility index (Phi) is 2.55. The summed E-state index contributed by atoms with van der Waals surface area (Å²) < 4.78 is 5.53. The number of phenols is 1. The molecule has 0 fully saturated rings. The van der Waals surface area contributed by atoms with E-state index in [1.165, 1.54) is 6.07 Å². The molecule has 0 aliphatic rings. The van der Waals surface area contributed by atoms with Crippen LogP contribution in [0.1, 0.15) is 0 Å². The summed E-state index contributed by atoms with van der Waals surface area (Å²) in [6.07, 6.45) is 0. The van der Waals surface area contributed by atoms with Gasteiger partial charge in [0, 0.05) is 0 Å². The number of hydrogen-bond acceptors (Lipinski definition) is 4. The lowest BCUT2D eigenvalue weighted by Crippen LogP contribution is -1.98. The third kappa shape index (κ3) is 1.86. The van der Waals surface area contributed by atoms with Crippen LogP contribution < -0.4 is 16.2 Å². The molecule has 0 amide bonds. The quantitative estimate of drug-likeness (QED) is 0.531. The zero-order chi connectivity index (χ0) is 11.5. The highest BCUT2D eigenvalue weighted by molar-refractivity contribution is 5.76. The molecule has 0 aromatic heterocycles. The number of anilines is 2. The number of nitrogen functional groups attached to an aromatic ring is 2. The minimum absolute atomic E-state index is 0.0436. The molecule has 0 unspecified atom stereocenters. The van der Waals surface area contributed by atoms with Crippen molar-refractivity contribution in [2.75, 3.05) is 11.5 Å². The van der Waals surface area contributed by atoms with Gasteiger partial charge in [-0.3, -0.25) is 0 Å². The maximum Gasteiger partial charge on any atom is 0.152 e. The fourth-order valence-electron chi connectivity index (χ4n) is 1.31. The number of para-hydroxylation sites is 1. The Labute approximate surface area is 93.1 Å². The van der Waals surface area contributed by atoms with Gasteiger partial charge in [-0.15, -0.1) is 0 Å². The fourth-order valence-corrected chi connectivity index (χ4v) is 1.31. The van der Waals surface area contributed by atoms with Crippen molar-refractivity contribution in [3.63, 3.8) is 0 Å². The maximum absolute atomic E-state index is 9.33. The van der Waals surface area contributed by atoms with E-state index in [0.717, 1.165) is 0 Å². The molecular formula is C12H12N2O2. The number of benzene rings is 2. The van der Waals surface area contributed by atoms with Gasteiger partial charge in [0.15, 0.2) is 5.75 Å². The van der Waals surface area contributed by atoms with E-state index >= 15 is 0 Å². The number of ether oxygens (including phenoxy) is 1. The van der Waals surface area contributed by atoms with Gasteiger partial charge in [-0.25, -0.2) is 0 Å². The van der Waals surface area contributed by atoms with Crippen LogP contribution in [0.2, 0.25) is 0 Å². The summed E-state index contributed by atoms with van der Waals surface area (Å²) >= 11 is 0. The Bertz CT molecular complexity index is 498. The van der Waals surface area contributed by atoms with Gasteiger partial charge in [0.1, 0.15) is 22.9 Å². The number of aromatic hydroxyl groups is 1. The zero-order valence-corrected chi connectivity index (χ0v) is 8.55. The van der Waals surface area contributed by atoms with E-state index in [0.29, 0.717) is 11.5 Å². The van der Waals surface area contributed by atoms with Crippen molar-refractivity contribution in [2.45, 2.75) is 0 Å². The molecule has 0 saturated heterocycles. The number of phenolic OH excluding ortho intramolecular Hbond substituents is 1. The van der Waals surface area contributed by atoms with Gasteiger partial charge in [-0.1, -0.05) is 18.2 Å². The van der Waals surface area contributed by atoms with E-state index in [1.54, 1.807) is 6.07 Å². The Balaban J connectivity index is 2.33. The second-order valence-electron chi connectivity index (χ2n) is 3.33. The summed E-state index contributed by atoms with van der Waals surface area (Å²) in [5, 5.41) is 9.33. The van der Waals surface area contributed by atoms with E-state index in [2.05, 4.69) is 0 Å². The maximum atomic E-state index is 9.33. The molecule has 0 spiro atoms. The third-order valence-corrected chi connectivity index (χ3v) is 2.20. The number of hydrogen-bond donors (Lipinski definition) is 3. The molecule has 0 saturated carbocycles. The van der Waals surface area contributed by atoms with Crippen LogP contribution in [0.5, 0.6) is 17.2 Å². The van der Waals surface area contributed by atoms with Gasteiger partial charge in [0.2, 0.25) is 0 Å². The van der Waals surface area contributed by atoms with Crippen LogP contribution >= 0.6 is 0 Å². The van der Waals surface area contributed by atoms with Crippen LogP contribution in [0, 0.1) is 0 Å². The van der Waals surface area contributed by atoms with Gasteiger partial charge >= 0.3 is 0 Å². The molecule has 0 aliphatic heterocycles. The largest absolute Gasteiger partial charge is 0.506 e. The van der Waals surface area contributed by atoms with Crippen LogP contribution in [-0.4, -0.2) is 5.11 Å². The average Bonchev–Trinajstić information content (AvgIpc) is 2.31. The average molecular weight is 216 g/mol. The number of rotatable bonds is 2. The highest BCUT2D eigenvalue weighted by Crippen LogP contribution is 2.36. The van der Waals surface area contributed by atoms with E-state index < -0.39 is 0 Å². The lowest BCUT2D eigenvalue weighted by Gasteiger charge is -2.10. The lowest BCUT2D eigenvalue weighted by molar-refractivity contribution is 0.468. The standard InChI is InChI=1S/C12H12N2O2/c13-11-9(15)6-7-10(12(11)14)16-8-4-2-1-3-5-8/h1-7,15H,13-14H2. The first-order valence-electron chi connectivity index (χ1n) is 4.78. The smallest absolute Gasteiger partial charge is 0.152 e. The van der Waals surface area contributed by atoms with Crippen LogP contribution in [0.15, 0.2) is 42.5 Å². The van der Waals surface area contributed by atoms with Crippen molar-refractivity contribution in [3.05, 3.63) is 42.5 Å². The van der Waals surface area contributed by atoms with Gasteiger partial charge in [-0.2, -0.15) is 0 Å². The van der Waals surface area contributed by atoms with Crippen molar-refractivity contribution >= 4 is 11.4 Å². The van der Waals surface area contributed by atoms with Gasteiger partial charge in [0.25, 0.3) is 0 Å². The van der Waals surface area contributed by atoms with Crippen LogP contribution in [0.25, 0.3) is 0 Å². The molecule has 0 bridgehead atoms. The minimum atomic E-state index is -0.0436. The van der Waals surface area contributed by atoms with Gasteiger partial charge in [0.05, 0.1) is 0 Å². The highest BCUT2D eigenvalue weighted by Gasteiger charge is 2.08.